The van der Waals surface area contributed by atoms with Crippen LogP contribution >= 0.6 is 0 Å². The zero-order valence-corrected chi connectivity index (χ0v) is 7.64. The van der Waals surface area contributed by atoms with Gasteiger partial charge in [-0.15, -0.1) is 10.2 Å². The van der Waals surface area contributed by atoms with Crippen LogP contribution in [0.1, 0.15) is 11.6 Å². The van der Waals surface area contributed by atoms with Crippen LogP contribution in [-0.2, 0) is 6.54 Å². The molecule has 0 aliphatic rings. The summed E-state index contributed by atoms with van der Waals surface area (Å²) >= 11 is 0. The molecule has 14 heavy (non-hydrogen) atoms. The highest BCUT2D eigenvalue weighted by Crippen LogP contribution is 2.13. The standard InChI is InChI=1S/C8H9N5O/c1-5-3-11-6(4-10-5)8-13-12-7(2-9)14-8/h3-4H,2,9H2,1H3. The third-order valence-corrected chi connectivity index (χ3v) is 1.64. The van der Waals surface area contributed by atoms with E-state index in [9.17, 15) is 0 Å². The summed E-state index contributed by atoms with van der Waals surface area (Å²) in [6.07, 6.45) is 3.23. The molecule has 0 spiro atoms. The zero-order valence-electron chi connectivity index (χ0n) is 7.64. The molecule has 6 nitrogen and oxygen atoms in total. The van der Waals surface area contributed by atoms with Crippen molar-refractivity contribution in [3.8, 4) is 11.6 Å². The van der Waals surface area contributed by atoms with Gasteiger partial charge in [-0.3, -0.25) is 4.98 Å². The Bertz CT molecular complexity index is 422. The molecule has 0 aliphatic heterocycles. The zero-order chi connectivity index (χ0) is 9.97. The molecule has 0 fully saturated rings. The fourth-order valence-electron chi connectivity index (χ4n) is 0.943. The van der Waals surface area contributed by atoms with Gasteiger partial charge in [-0.05, 0) is 6.92 Å². The van der Waals surface area contributed by atoms with Crippen LogP contribution in [-0.4, -0.2) is 20.2 Å². The molecule has 0 atom stereocenters. The maximum absolute atomic E-state index is 5.33. The number of nitrogens with zero attached hydrogens (tertiary/aromatic N) is 4. The SMILES string of the molecule is Cc1cnc(-c2nnc(CN)o2)cn1. The van der Waals surface area contributed by atoms with E-state index in [0.29, 0.717) is 17.5 Å². The molecule has 2 aromatic rings. The molecular formula is C8H9N5O. The van der Waals surface area contributed by atoms with E-state index in [1.54, 1.807) is 12.4 Å². The quantitative estimate of drug-likeness (QED) is 0.733. The normalized spacial score (nSPS) is 10.4. The Labute approximate surface area is 80.2 Å². The Morgan fingerprint density at radius 1 is 1.29 bits per heavy atom. The van der Waals surface area contributed by atoms with Crippen molar-refractivity contribution in [2.24, 2.45) is 5.73 Å². The fourth-order valence-corrected chi connectivity index (χ4v) is 0.943. The summed E-state index contributed by atoms with van der Waals surface area (Å²) in [5, 5.41) is 7.51. The Morgan fingerprint density at radius 3 is 2.71 bits per heavy atom. The summed E-state index contributed by atoms with van der Waals surface area (Å²) in [5.74, 6) is 0.736. The van der Waals surface area contributed by atoms with Crippen LogP contribution in [0.3, 0.4) is 0 Å². The highest BCUT2D eigenvalue weighted by molar-refractivity contribution is 5.43. The van der Waals surface area contributed by atoms with Gasteiger partial charge in [0.15, 0.2) is 0 Å². The molecule has 0 saturated heterocycles. The predicted molar refractivity (Wildman–Crippen MR) is 48.0 cm³/mol. The van der Waals surface area contributed by atoms with Crippen molar-refractivity contribution in [1.29, 1.82) is 0 Å². The Hall–Kier alpha value is -1.82. The van der Waals surface area contributed by atoms with E-state index in [4.69, 9.17) is 10.2 Å². The molecule has 0 bridgehead atoms. The van der Waals surface area contributed by atoms with Crippen LogP contribution < -0.4 is 5.73 Å². The van der Waals surface area contributed by atoms with E-state index in [0.717, 1.165) is 5.69 Å². The van der Waals surface area contributed by atoms with Gasteiger partial charge in [0.2, 0.25) is 5.89 Å². The minimum absolute atomic E-state index is 0.228. The van der Waals surface area contributed by atoms with Crippen molar-refractivity contribution in [3.63, 3.8) is 0 Å². The lowest BCUT2D eigenvalue weighted by Gasteiger charge is -1.93. The minimum atomic E-state index is 0.228. The summed E-state index contributed by atoms with van der Waals surface area (Å²) in [6.45, 7) is 2.09. The molecule has 2 heterocycles. The molecule has 0 radical (unpaired) electrons. The first kappa shape index (κ1) is 8.76. The average molecular weight is 191 g/mol. The van der Waals surface area contributed by atoms with Gasteiger partial charge in [-0.25, -0.2) is 4.98 Å². The lowest BCUT2D eigenvalue weighted by atomic mass is 10.4. The summed E-state index contributed by atoms with van der Waals surface area (Å²) in [7, 11) is 0. The third-order valence-electron chi connectivity index (χ3n) is 1.64. The largest absolute Gasteiger partial charge is 0.418 e. The summed E-state index contributed by atoms with van der Waals surface area (Å²) in [5.41, 5.74) is 6.73. The Morgan fingerprint density at radius 2 is 2.14 bits per heavy atom. The Kier molecular flexibility index (Phi) is 2.19. The molecule has 6 heteroatoms. The van der Waals surface area contributed by atoms with Crippen molar-refractivity contribution in [2.75, 3.05) is 0 Å². The highest BCUT2D eigenvalue weighted by Gasteiger charge is 2.08. The van der Waals surface area contributed by atoms with E-state index in [1.807, 2.05) is 6.92 Å². The summed E-state index contributed by atoms with van der Waals surface area (Å²) in [6, 6.07) is 0. The molecular weight excluding hydrogens is 182 g/mol. The van der Waals surface area contributed by atoms with Crippen LogP contribution in [0.25, 0.3) is 11.6 Å². The van der Waals surface area contributed by atoms with Crippen LogP contribution in [0.2, 0.25) is 0 Å². The Balaban J connectivity index is 2.34. The number of aromatic nitrogens is 4. The third kappa shape index (κ3) is 1.60. The maximum Gasteiger partial charge on any atom is 0.267 e. The van der Waals surface area contributed by atoms with Crippen LogP contribution in [0.4, 0.5) is 0 Å². The monoisotopic (exact) mass is 191 g/mol. The van der Waals surface area contributed by atoms with Gasteiger partial charge in [0.05, 0.1) is 18.4 Å². The van der Waals surface area contributed by atoms with Crippen molar-refractivity contribution >= 4 is 0 Å². The smallest absolute Gasteiger partial charge is 0.267 e. The number of nitrogens with two attached hydrogens (primary N) is 1. The maximum atomic E-state index is 5.33. The summed E-state index contributed by atoms with van der Waals surface area (Å²) in [4.78, 5) is 8.17. The second kappa shape index (κ2) is 3.51. The lowest BCUT2D eigenvalue weighted by molar-refractivity contribution is 0.507. The molecule has 0 amide bonds. The van der Waals surface area contributed by atoms with Crippen LogP contribution in [0.5, 0.6) is 0 Å². The number of hydrogen-bond acceptors (Lipinski definition) is 6. The van der Waals surface area contributed by atoms with Gasteiger partial charge in [0.25, 0.3) is 5.89 Å². The predicted octanol–water partition coefficient (Wildman–Crippen LogP) is 0.294. The van der Waals surface area contributed by atoms with Crippen LogP contribution in [0, 0.1) is 6.92 Å². The second-order valence-electron chi connectivity index (χ2n) is 2.75. The molecule has 72 valence electrons. The van der Waals surface area contributed by atoms with Crippen molar-refractivity contribution in [2.45, 2.75) is 13.5 Å². The van der Waals surface area contributed by atoms with E-state index >= 15 is 0 Å². The number of hydrogen-bond donors (Lipinski definition) is 1. The molecule has 0 unspecified atom stereocenters. The molecule has 0 aromatic carbocycles. The van der Waals surface area contributed by atoms with Gasteiger partial charge in [-0.2, -0.15) is 0 Å². The van der Waals surface area contributed by atoms with Gasteiger partial charge in [0.1, 0.15) is 5.69 Å². The first-order chi connectivity index (χ1) is 6.79. The van der Waals surface area contributed by atoms with Gasteiger partial charge in [-0.1, -0.05) is 0 Å². The summed E-state index contributed by atoms with van der Waals surface area (Å²) < 4.78 is 5.21. The van der Waals surface area contributed by atoms with Crippen molar-refractivity contribution < 1.29 is 4.42 Å². The van der Waals surface area contributed by atoms with Gasteiger partial charge in [0, 0.05) is 6.20 Å². The van der Waals surface area contributed by atoms with E-state index in [2.05, 4.69) is 20.2 Å². The highest BCUT2D eigenvalue weighted by atomic mass is 16.4. The molecule has 0 saturated carbocycles. The first-order valence-electron chi connectivity index (χ1n) is 4.11. The average Bonchev–Trinajstić information content (AvgIpc) is 2.67. The second-order valence-corrected chi connectivity index (χ2v) is 2.75. The van der Waals surface area contributed by atoms with Gasteiger partial charge < -0.3 is 10.2 Å². The number of aryl methyl sites for hydroxylation is 1. The molecule has 2 aromatic heterocycles. The molecule has 0 aliphatic carbocycles. The number of rotatable bonds is 2. The molecule has 2 rings (SSSR count). The topological polar surface area (TPSA) is 90.7 Å². The minimum Gasteiger partial charge on any atom is -0.418 e. The van der Waals surface area contributed by atoms with E-state index in [-0.39, 0.29) is 6.54 Å². The fraction of sp³-hybridized carbons (Fsp3) is 0.250. The van der Waals surface area contributed by atoms with E-state index in [1.165, 1.54) is 0 Å². The first-order valence-corrected chi connectivity index (χ1v) is 4.11. The van der Waals surface area contributed by atoms with Crippen molar-refractivity contribution in [1.82, 2.24) is 20.2 Å². The van der Waals surface area contributed by atoms with E-state index < -0.39 is 0 Å². The van der Waals surface area contributed by atoms with Crippen molar-refractivity contribution in [3.05, 3.63) is 24.0 Å². The van der Waals surface area contributed by atoms with Gasteiger partial charge >= 0.3 is 0 Å². The lowest BCUT2D eigenvalue weighted by Crippen LogP contribution is -1.95. The molecule has 2 N–H and O–H groups in total. The van der Waals surface area contributed by atoms with Crippen LogP contribution in [0.15, 0.2) is 16.8 Å².